The van der Waals surface area contributed by atoms with Crippen molar-refractivity contribution in [3.05, 3.63) is 29.8 Å². The summed E-state index contributed by atoms with van der Waals surface area (Å²) in [5.74, 6) is -0.789. The van der Waals surface area contributed by atoms with E-state index in [0.29, 0.717) is 6.04 Å². The van der Waals surface area contributed by atoms with Gasteiger partial charge in [0.25, 0.3) is 0 Å². The van der Waals surface area contributed by atoms with Gasteiger partial charge in [-0.25, -0.2) is 0 Å². The first kappa shape index (κ1) is 14.4. The second-order valence-corrected chi connectivity index (χ2v) is 5.93. The van der Waals surface area contributed by atoms with Crippen LogP contribution in [0.15, 0.2) is 29.2 Å². The van der Waals surface area contributed by atoms with Crippen LogP contribution in [0.25, 0.3) is 0 Å². The Bertz CT molecular complexity index is 413. The molecule has 1 unspecified atom stereocenters. The maximum Gasteiger partial charge on any atom is 0.325 e. The van der Waals surface area contributed by atoms with Crippen molar-refractivity contribution in [1.82, 2.24) is 5.32 Å². The van der Waals surface area contributed by atoms with Gasteiger partial charge in [-0.05, 0) is 36.8 Å². The molecule has 0 spiro atoms. The second-order valence-electron chi connectivity index (χ2n) is 5.05. The Kier molecular flexibility index (Phi) is 5.28. The van der Waals surface area contributed by atoms with Gasteiger partial charge < -0.3 is 5.11 Å². The van der Waals surface area contributed by atoms with Crippen LogP contribution in [0.4, 0.5) is 0 Å². The van der Waals surface area contributed by atoms with E-state index < -0.39 is 12.0 Å². The fourth-order valence-electron chi connectivity index (χ4n) is 2.61. The molecule has 1 aliphatic rings. The lowest BCUT2D eigenvalue weighted by Crippen LogP contribution is -2.38. The van der Waals surface area contributed by atoms with Crippen molar-refractivity contribution < 1.29 is 9.90 Å². The van der Waals surface area contributed by atoms with Crippen molar-refractivity contribution in [1.29, 1.82) is 0 Å². The summed E-state index contributed by atoms with van der Waals surface area (Å²) in [5, 5.41) is 12.7. The lowest BCUT2D eigenvalue weighted by atomic mass is 9.94. The number of hydrogen-bond donors (Lipinski definition) is 2. The molecule has 104 valence electrons. The molecule has 0 radical (unpaired) electrons. The smallest absolute Gasteiger partial charge is 0.325 e. The average Bonchev–Trinajstić information content (AvgIpc) is 2.46. The van der Waals surface area contributed by atoms with Crippen molar-refractivity contribution >= 4 is 17.7 Å². The van der Waals surface area contributed by atoms with Crippen molar-refractivity contribution in [3.8, 4) is 0 Å². The Morgan fingerprint density at radius 3 is 2.42 bits per heavy atom. The number of aliphatic carboxylic acids is 1. The standard InChI is InChI=1S/C15H21NO2S/c1-19-13-9-7-11(8-10-13)14(15(17)18)16-12-5-3-2-4-6-12/h7-10,12,14,16H,2-6H2,1H3,(H,17,18). The van der Waals surface area contributed by atoms with E-state index in [-0.39, 0.29) is 0 Å². The minimum Gasteiger partial charge on any atom is -0.480 e. The lowest BCUT2D eigenvalue weighted by molar-refractivity contribution is -0.140. The summed E-state index contributed by atoms with van der Waals surface area (Å²) < 4.78 is 0. The summed E-state index contributed by atoms with van der Waals surface area (Å²) in [6.45, 7) is 0. The van der Waals surface area contributed by atoms with Gasteiger partial charge in [0.15, 0.2) is 0 Å². The maximum atomic E-state index is 11.5. The van der Waals surface area contributed by atoms with E-state index >= 15 is 0 Å². The van der Waals surface area contributed by atoms with Gasteiger partial charge in [0.05, 0.1) is 0 Å². The third-order valence-electron chi connectivity index (χ3n) is 3.70. The van der Waals surface area contributed by atoms with Gasteiger partial charge in [-0.1, -0.05) is 31.4 Å². The van der Waals surface area contributed by atoms with E-state index in [0.717, 1.165) is 23.3 Å². The van der Waals surface area contributed by atoms with E-state index in [9.17, 15) is 9.90 Å². The monoisotopic (exact) mass is 279 g/mol. The first-order valence-corrected chi connectivity index (χ1v) is 8.06. The minimum absolute atomic E-state index is 0.343. The van der Waals surface area contributed by atoms with Crippen LogP contribution in [0.1, 0.15) is 43.7 Å². The van der Waals surface area contributed by atoms with Crippen molar-refractivity contribution in [3.63, 3.8) is 0 Å². The molecule has 1 fully saturated rings. The van der Waals surface area contributed by atoms with Gasteiger partial charge in [0, 0.05) is 10.9 Å². The predicted molar refractivity (Wildman–Crippen MR) is 78.6 cm³/mol. The molecule has 3 nitrogen and oxygen atoms in total. The molecule has 1 aromatic rings. The van der Waals surface area contributed by atoms with E-state index in [2.05, 4.69) is 5.32 Å². The van der Waals surface area contributed by atoms with Crippen LogP contribution in [0.2, 0.25) is 0 Å². The van der Waals surface area contributed by atoms with Gasteiger partial charge in [0.2, 0.25) is 0 Å². The highest BCUT2D eigenvalue weighted by Gasteiger charge is 2.24. The highest BCUT2D eigenvalue weighted by Crippen LogP contribution is 2.23. The Labute approximate surface area is 118 Å². The number of benzene rings is 1. The Morgan fingerprint density at radius 2 is 1.89 bits per heavy atom. The topological polar surface area (TPSA) is 49.3 Å². The molecule has 1 saturated carbocycles. The molecule has 1 aromatic carbocycles. The number of carboxylic acids is 1. The molecule has 0 saturated heterocycles. The largest absolute Gasteiger partial charge is 0.480 e. The predicted octanol–water partition coefficient (Wildman–Crippen LogP) is 3.46. The molecular formula is C15H21NO2S. The summed E-state index contributed by atoms with van der Waals surface area (Å²) >= 11 is 1.67. The summed E-state index contributed by atoms with van der Waals surface area (Å²) in [4.78, 5) is 12.6. The molecule has 2 rings (SSSR count). The van der Waals surface area contributed by atoms with E-state index in [1.807, 2.05) is 30.5 Å². The zero-order valence-electron chi connectivity index (χ0n) is 11.3. The molecular weight excluding hydrogens is 258 g/mol. The second kappa shape index (κ2) is 6.96. The molecule has 4 heteroatoms. The maximum absolute atomic E-state index is 11.5. The van der Waals surface area contributed by atoms with Gasteiger partial charge >= 0.3 is 5.97 Å². The fraction of sp³-hybridized carbons (Fsp3) is 0.533. The SMILES string of the molecule is CSc1ccc(C(NC2CCCCC2)C(=O)O)cc1. The zero-order chi connectivity index (χ0) is 13.7. The van der Waals surface area contributed by atoms with Crippen LogP contribution in [0.3, 0.4) is 0 Å². The van der Waals surface area contributed by atoms with Crippen LogP contribution in [-0.2, 0) is 4.79 Å². The number of nitrogens with one attached hydrogen (secondary N) is 1. The molecule has 0 bridgehead atoms. The third kappa shape index (κ3) is 3.98. The summed E-state index contributed by atoms with van der Waals surface area (Å²) in [5.41, 5.74) is 0.843. The first-order chi connectivity index (χ1) is 9.20. The van der Waals surface area contributed by atoms with Crippen LogP contribution in [0, 0.1) is 0 Å². The van der Waals surface area contributed by atoms with Crippen molar-refractivity contribution in [2.45, 2.75) is 49.1 Å². The molecule has 0 amide bonds. The Morgan fingerprint density at radius 1 is 1.26 bits per heavy atom. The number of carbonyl (C=O) groups is 1. The number of rotatable bonds is 5. The minimum atomic E-state index is -0.789. The highest BCUT2D eigenvalue weighted by molar-refractivity contribution is 7.98. The Hall–Kier alpha value is -1.00. The van der Waals surface area contributed by atoms with Gasteiger partial charge in [-0.3, -0.25) is 10.1 Å². The van der Waals surface area contributed by atoms with Crippen molar-refractivity contribution in [2.75, 3.05) is 6.26 Å². The van der Waals surface area contributed by atoms with Crippen LogP contribution in [0.5, 0.6) is 0 Å². The molecule has 1 aliphatic carbocycles. The zero-order valence-corrected chi connectivity index (χ0v) is 12.1. The van der Waals surface area contributed by atoms with Crippen LogP contribution >= 0.6 is 11.8 Å². The Balaban J connectivity index is 2.07. The molecule has 19 heavy (non-hydrogen) atoms. The van der Waals surface area contributed by atoms with Gasteiger partial charge in [-0.2, -0.15) is 0 Å². The quantitative estimate of drug-likeness (QED) is 0.810. The fourth-order valence-corrected chi connectivity index (χ4v) is 3.02. The van der Waals surface area contributed by atoms with Gasteiger partial charge in [-0.15, -0.1) is 11.8 Å². The van der Waals surface area contributed by atoms with Crippen molar-refractivity contribution in [2.24, 2.45) is 0 Å². The van der Waals surface area contributed by atoms with Gasteiger partial charge in [0.1, 0.15) is 6.04 Å². The molecule has 0 heterocycles. The highest BCUT2D eigenvalue weighted by atomic mass is 32.2. The first-order valence-electron chi connectivity index (χ1n) is 6.83. The molecule has 1 atom stereocenters. The van der Waals surface area contributed by atoms with E-state index in [1.54, 1.807) is 11.8 Å². The number of carboxylic acid groups (broad SMARTS) is 1. The number of thioether (sulfide) groups is 1. The average molecular weight is 279 g/mol. The summed E-state index contributed by atoms with van der Waals surface area (Å²) in [6, 6.07) is 7.56. The molecule has 0 aromatic heterocycles. The van der Waals surface area contributed by atoms with E-state index in [1.165, 1.54) is 19.3 Å². The van der Waals surface area contributed by atoms with E-state index in [4.69, 9.17) is 0 Å². The molecule has 2 N–H and O–H groups in total. The lowest BCUT2D eigenvalue weighted by Gasteiger charge is -2.26. The molecule has 0 aliphatic heterocycles. The normalized spacial score (nSPS) is 18.2. The van der Waals surface area contributed by atoms with Crippen LogP contribution < -0.4 is 5.32 Å². The third-order valence-corrected chi connectivity index (χ3v) is 4.45. The number of hydrogen-bond acceptors (Lipinski definition) is 3. The van der Waals surface area contributed by atoms with Crippen LogP contribution in [-0.4, -0.2) is 23.4 Å². The summed E-state index contributed by atoms with van der Waals surface area (Å²) in [7, 11) is 0. The summed E-state index contributed by atoms with van der Waals surface area (Å²) in [6.07, 6.45) is 7.88.